The Morgan fingerprint density at radius 1 is 0.778 bits per heavy atom. The van der Waals surface area contributed by atoms with Gasteiger partial charge in [0.2, 0.25) is 0 Å². The number of benzene rings is 3. The highest BCUT2D eigenvalue weighted by Crippen LogP contribution is 2.31. The largest absolute Gasteiger partial charge is 0.350 e. The van der Waals surface area contributed by atoms with Crippen LogP contribution in [-0.2, 0) is 7.05 Å². The Kier molecular flexibility index (Phi) is 5.82. The minimum Gasteiger partial charge on any atom is -0.350 e. The molecular formula is C30H30N4O2. The zero-order chi connectivity index (χ0) is 24.6. The molecule has 0 radical (unpaired) electrons. The predicted molar refractivity (Wildman–Crippen MR) is 142 cm³/mol. The molecule has 1 aromatic heterocycles. The van der Waals surface area contributed by atoms with E-state index in [1.54, 1.807) is 0 Å². The summed E-state index contributed by atoms with van der Waals surface area (Å²) in [5, 5.41) is 4.76. The summed E-state index contributed by atoms with van der Waals surface area (Å²) in [6, 6.07) is 26.3. The van der Waals surface area contributed by atoms with E-state index in [2.05, 4.69) is 28.2 Å². The fourth-order valence-electron chi connectivity index (χ4n) is 5.48. The maximum Gasteiger partial charge on any atom is 0.253 e. The van der Waals surface area contributed by atoms with Crippen LogP contribution in [0.1, 0.15) is 27.1 Å². The minimum atomic E-state index is 0.0742. The number of hydrogen-bond donors (Lipinski definition) is 1. The molecule has 1 N–H and O–H groups in total. The number of carbonyl (C=O) groups excluding carboxylic acids is 2. The lowest BCUT2D eigenvalue weighted by atomic mass is 10.0. The van der Waals surface area contributed by atoms with Gasteiger partial charge in [0.25, 0.3) is 11.8 Å². The summed E-state index contributed by atoms with van der Waals surface area (Å²) in [5.41, 5.74) is 4.87. The first-order valence-corrected chi connectivity index (χ1v) is 12.6. The first-order chi connectivity index (χ1) is 17.6. The molecule has 3 aromatic carbocycles. The maximum atomic E-state index is 13.2. The van der Waals surface area contributed by atoms with Gasteiger partial charge >= 0.3 is 0 Å². The number of fused-ring (bicyclic) bond motifs is 1. The first-order valence-electron chi connectivity index (χ1n) is 12.6. The van der Waals surface area contributed by atoms with Crippen molar-refractivity contribution in [3.8, 4) is 11.1 Å². The SMILES string of the molecule is Cn1cc(-c2ccccc2)c2cc(C(=O)N3CC(N[C@H]4CCN(C(=O)c5ccccc5)C4)C3)ccc21. The van der Waals surface area contributed by atoms with Gasteiger partial charge < -0.3 is 19.7 Å². The van der Waals surface area contributed by atoms with E-state index in [9.17, 15) is 9.59 Å². The quantitative estimate of drug-likeness (QED) is 0.468. The van der Waals surface area contributed by atoms with Crippen molar-refractivity contribution in [2.24, 2.45) is 7.05 Å². The molecule has 4 aromatic rings. The van der Waals surface area contributed by atoms with Gasteiger partial charge in [-0.15, -0.1) is 0 Å². The summed E-state index contributed by atoms with van der Waals surface area (Å²) in [5.74, 6) is 0.168. The van der Waals surface area contributed by atoms with Crippen LogP contribution in [0.4, 0.5) is 0 Å². The fraction of sp³-hybridized carbons (Fsp3) is 0.267. The number of nitrogens with one attached hydrogen (secondary N) is 1. The highest BCUT2D eigenvalue weighted by molar-refractivity contribution is 6.03. The van der Waals surface area contributed by atoms with Crippen LogP contribution in [0.2, 0.25) is 0 Å². The van der Waals surface area contributed by atoms with Crippen molar-refractivity contribution in [2.45, 2.75) is 18.5 Å². The molecule has 6 heteroatoms. The van der Waals surface area contributed by atoms with Crippen molar-refractivity contribution in [2.75, 3.05) is 26.2 Å². The second-order valence-corrected chi connectivity index (χ2v) is 9.93. The van der Waals surface area contributed by atoms with Gasteiger partial charge in [-0.3, -0.25) is 9.59 Å². The number of likely N-dealkylation sites (tertiary alicyclic amines) is 2. The van der Waals surface area contributed by atoms with Crippen LogP contribution in [0.5, 0.6) is 0 Å². The molecule has 6 nitrogen and oxygen atoms in total. The van der Waals surface area contributed by atoms with Gasteiger partial charge in [0.15, 0.2) is 0 Å². The van der Waals surface area contributed by atoms with Crippen LogP contribution in [0, 0.1) is 0 Å². The molecule has 2 fully saturated rings. The molecular weight excluding hydrogens is 448 g/mol. The third-order valence-corrected chi connectivity index (χ3v) is 7.46. The van der Waals surface area contributed by atoms with Crippen LogP contribution < -0.4 is 5.32 Å². The highest BCUT2D eigenvalue weighted by Gasteiger charge is 2.35. The first kappa shape index (κ1) is 22.6. The lowest BCUT2D eigenvalue weighted by Crippen LogP contribution is -2.62. The minimum absolute atomic E-state index is 0.0742. The number of aryl methyl sites for hydroxylation is 1. The van der Waals surface area contributed by atoms with Gasteiger partial charge in [-0.1, -0.05) is 48.5 Å². The lowest BCUT2D eigenvalue weighted by Gasteiger charge is -2.41. The average Bonchev–Trinajstić information content (AvgIpc) is 3.50. The van der Waals surface area contributed by atoms with Crippen molar-refractivity contribution in [3.05, 3.63) is 96.2 Å². The third-order valence-electron chi connectivity index (χ3n) is 7.46. The average molecular weight is 479 g/mol. The van der Waals surface area contributed by atoms with Crippen molar-refractivity contribution in [1.82, 2.24) is 19.7 Å². The molecule has 2 saturated heterocycles. The van der Waals surface area contributed by atoms with E-state index in [1.807, 2.05) is 83.6 Å². The van der Waals surface area contributed by atoms with Crippen LogP contribution in [0.15, 0.2) is 85.1 Å². The van der Waals surface area contributed by atoms with Crippen molar-refractivity contribution >= 4 is 22.7 Å². The maximum absolute atomic E-state index is 13.2. The van der Waals surface area contributed by atoms with E-state index in [-0.39, 0.29) is 23.9 Å². The number of rotatable bonds is 5. The van der Waals surface area contributed by atoms with Crippen LogP contribution in [0.3, 0.4) is 0 Å². The van der Waals surface area contributed by atoms with Gasteiger partial charge in [-0.05, 0) is 42.3 Å². The Balaban J connectivity index is 1.08. The van der Waals surface area contributed by atoms with E-state index in [0.29, 0.717) is 19.6 Å². The van der Waals surface area contributed by atoms with Gasteiger partial charge in [0.1, 0.15) is 0 Å². The Labute approximate surface area is 211 Å². The molecule has 36 heavy (non-hydrogen) atoms. The van der Waals surface area contributed by atoms with Gasteiger partial charge in [0, 0.05) is 79.1 Å². The number of hydrogen-bond acceptors (Lipinski definition) is 3. The summed E-state index contributed by atoms with van der Waals surface area (Å²) in [7, 11) is 2.04. The summed E-state index contributed by atoms with van der Waals surface area (Å²) in [6.45, 7) is 2.87. The Hall–Kier alpha value is -3.90. The Morgan fingerprint density at radius 3 is 2.19 bits per heavy atom. The molecule has 0 saturated carbocycles. The molecule has 6 rings (SSSR count). The standard InChI is InChI=1S/C30H30N4O2/c1-32-20-27(21-8-4-2-5-9-21)26-16-23(12-13-28(26)32)30(36)34-18-25(19-34)31-24-14-15-33(17-24)29(35)22-10-6-3-7-11-22/h2-13,16,20,24-25,31H,14-15,17-19H2,1H3/t24-/m0/s1. The van der Waals surface area contributed by atoms with Gasteiger partial charge in [-0.25, -0.2) is 0 Å². The monoisotopic (exact) mass is 478 g/mol. The number of nitrogens with zero attached hydrogens (tertiary/aromatic N) is 3. The molecule has 0 unspecified atom stereocenters. The zero-order valence-corrected chi connectivity index (χ0v) is 20.4. The summed E-state index contributed by atoms with van der Waals surface area (Å²) < 4.78 is 2.11. The number of carbonyl (C=O) groups is 2. The zero-order valence-electron chi connectivity index (χ0n) is 20.4. The van der Waals surface area contributed by atoms with E-state index in [1.165, 1.54) is 0 Å². The molecule has 0 aliphatic carbocycles. The number of aromatic nitrogens is 1. The number of amides is 2. The van der Waals surface area contributed by atoms with Crippen molar-refractivity contribution in [1.29, 1.82) is 0 Å². The molecule has 182 valence electrons. The van der Waals surface area contributed by atoms with E-state index < -0.39 is 0 Å². The second kappa shape index (κ2) is 9.28. The van der Waals surface area contributed by atoms with Crippen LogP contribution >= 0.6 is 0 Å². The molecule has 2 amide bonds. The van der Waals surface area contributed by atoms with E-state index >= 15 is 0 Å². The van der Waals surface area contributed by atoms with Gasteiger partial charge in [-0.2, -0.15) is 0 Å². The molecule has 2 aliphatic rings. The topological polar surface area (TPSA) is 57.6 Å². The molecule has 3 heterocycles. The smallest absolute Gasteiger partial charge is 0.253 e. The second-order valence-electron chi connectivity index (χ2n) is 9.93. The predicted octanol–water partition coefficient (Wildman–Crippen LogP) is 4.17. The van der Waals surface area contributed by atoms with E-state index in [4.69, 9.17) is 0 Å². The fourth-order valence-corrected chi connectivity index (χ4v) is 5.48. The Morgan fingerprint density at radius 2 is 1.44 bits per heavy atom. The van der Waals surface area contributed by atoms with Crippen molar-refractivity contribution in [3.63, 3.8) is 0 Å². The molecule has 1 atom stereocenters. The lowest BCUT2D eigenvalue weighted by molar-refractivity contribution is 0.0553. The van der Waals surface area contributed by atoms with Crippen LogP contribution in [-0.4, -0.2) is 64.4 Å². The third kappa shape index (κ3) is 4.18. The van der Waals surface area contributed by atoms with Crippen LogP contribution in [0.25, 0.3) is 22.0 Å². The van der Waals surface area contributed by atoms with Gasteiger partial charge in [0.05, 0.1) is 0 Å². The Bertz CT molecular complexity index is 1410. The van der Waals surface area contributed by atoms with E-state index in [0.717, 1.165) is 46.1 Å². The normalized spacial score (nSPS) is 18.0. The highest BCUT2D eigenvalue weighted by atomic mass is 16.2. The molecule has 0 spiro atoms. The molecule has 0 bridgehead atoms. The summed E-state index contributed by atoms with van der Waals surface area (Å²) in [4.78, 5) is 29.8. The molecule has 2 aliphatic heterocycles. The van der Waals surface area contributed by atoms with Crippen molar-refractivity contribution < 1.29 is 9.59 Å². The summed E-state index contributed by atoms with van der Waals surface area (Å²) >= 11 is 0. The summed E-state index contributed by atoms with van der Waals surface area (Å²) in [6.07, 6.45) is 3.07.